The van der Waals surface area contributed by atoms with Gasteiger partial charge in [0.25, 0.3) is 0 Å². The van der Waals surface area contributed by atoms with Crippen molar-refractivity contribution in [2.75, 3.05) is 18.0 Å². The van der Waals surface area contributed by atoms with Crippen molar-refractivity contribution in [1.29, 1.82) is 5.26 Å². The number of anilines is 1. The lowest BCUT2D eigenvalue weighted by Crippen LogP contribution is -2.34. The number of nitriles is 1. The third-order valence-electron chi connectivity index (χ3n) is 3.27. The van der Waals surface area contributed by atoms with Crippen LogP contribution in [0.5, 0.6) is 0 Å². The first-order valence-electron chi connectivity index (χ1n) is 6.75. The zero-order valence-electron chi connectivity index (χ0n) is 12.7. The number of thiophene rings is 1. The van der Waals surface area contributed by atoms with Crippen molar-refractivity contribution in [3.05, 3.63) is 16.0 Å². The molecule has 0 spiro atoms. The predicted molar refractivity (Wildman–Crippen MR) is 82.4 cm³/mol. The Balaban J connectivity index is 3.14. The van der Waals surface area contributed by atoms with Crippen LogP contribution in [0.1, 0.15) is 36.8 Å². The van der Waals surface area contributed by atoms with Gasteiger partial charge in [0.2, 0.25) is 0 Å². The Hall–Kier alpha value is -1.54. The highest BCUT2D eigenvalue weighted by Gasteiger charge is 2.23. The smallest absolute Gasteiger partial charge is 0.308 e. The van der Waals surface area contributed by atoms with Gasteiger partial charge >= 0.3 is 5.97 Å². The molecule has 1 atom stereocenters. The molecular formula is C15H22N2O2S. The molecule has 0 saturated carbocycles. The summed E-state index contributed by atoms with van der Waals surface area (Å²) in [5, 5.41) is 19.4. The van der Waals surface area contributed by atoms with Crippen LogP contribution in [0.4, 0.5) is 5.00 Å². The summed E-state index contributed by atoms with van der Waals surface area (Å²) in [5.74, 6) is -0.851. The quantitative estimate of drug-likeness (QED) is 0.873. The fourth-order valence-corrected chi connectivity index (χ4v) is 3.18. The van der Waals surface area contributed by atoms with Crippen LogP contribution in [0, 0.1) is 37.0 Å². The normalized spacial score (nSPS) is 12.2. The van der Waals surface area contributed by atoms with Gasteiger partial charge in [-0.05, 0) is 25.3 Å². The second kappa shape index (κ2) is 6.76. The first-order chi connectivity index (χ1) is 9.27. The molecule has 4 nitrogen and oxygen atoms in total. The third kappa shape index (κ3) is 3.73. The van der Waals surface area contributed by atoms with Gasteiger partial charge in [-0.2, -0.15) is 5.26 Å². The Morgan fingerprint density at radius 3 is 2.40 bits per heavy atom. The van der Waals surface area contributed by atoms with Crippen LogP contribution in [0.25, 0.3) is 0 Å². The Kier molecular flexibility index (Phi) is 5.58. The first kappa shape index (κ1) is 16.5. The molecule has 1 aromatic rings. The van der Waals surface area contributed by atoms with Crippen molar-refractivity contribution in [3.63, 3.8) is 0 Å². The molecule has 0 bridgehead atoms. The van der Waals surface area contributed by atoms with Crippen molar-refractivity contribution in [1.82, 2.24) is 0 Å². The summed E-state index contributed by atoms with van der Waals surface area (Å²) in [6.45, 7) is 11.0. The van der Waals surface area contributed by atoms with E-state index in [1.165, 1.54) is 0 Å². The lowest BCUT2D eigenvalue weighted by Gasteiger charge is -2.27. The van der Waals surface area contributed by atoms with Gasteiger partial charge in [-0.15, -0.1) is 11.3 Å². The molecule has 0 aromatic carbocycles. The monoisotopic (exact) mass is 294 g/mol. The number of hydrogen-bond acceptors (Lipinski definition) is 4. The van der Waals surface area contributed by atoms with E-state index in [1.807, 2.05) is 18.7 Å². The van der Waals surface area contributed by atoms with E-state index in [0.717, 1.165) is 22.0 Å². The van der Waals surface area contributed by atoms with Gasteiger partial charge in [0.1, 0.15) is 11.1 Å². The summed E-state index contributed by atoms with van der Waals surface area (Å²) in [4.78, 5) is 14.3. The molecule has 5 heteroatoms. The summed E-state index contributed by atoms with van der Waals surface area (Å²) in [7, 11) is 0. The van der Waals surface area contributed by atoms with E-state index in [-0.39, 0.29) is 0 Å². The lowest BCUT2D eigenvalue weighted by molar-refractivity contribution is -0.140. The van der Waals surface area contributed by atoms with Crippen LogP contribution in [0.15, 0.2) is 0 Å². The van der Waals surface area contributed by atoms with E-state index < -0.39 is 11.9 Å². The average molecular weight is 294 g/mol. The average Bonchev–Trinajstić information content (AvgIpc) is 2.63. The molecule has 0 amide bonds. The molecule has 1 heterocycles. The number of aliphatic carboxylic acids is 1. The maximum absolute atomic E-state index is 11.1. The molecule has 20 heavy (non-hydrogen) atoms. The van der Waals surface area contributed by atoms with E-state index >= 15 is 0 Å². The standard InChI is InChI=1S/C15H22N2O2S/c1-9(2)7-17(8-10(3)15(18)19)14-13(6-16)11(4)12(5)20-14/h9-10H,7-8H2,1-5H3,(H,18,19). The SMILES string of the molecule is Cc1sc(N(CC(C)C)CC(C)C(=O)O)c(C#N)c1C. The van der Waals surface area contributed by atoms with Crippen LogP contribution in [0.3, 0.4) is 0 Å². The second-order valence-corrected chi connectivity index (χ2v) is 6.82. The third-order valence-corrected chi connectivity index (χ3v) is 4.54. The Morgan fingerprint density at radius 2 is 1.95 bits per heavy atom. The van der Waals surface area contributed by atoms with E-state index in [1.54, 1.807) is 18.3 Å². The zero-order valence-corrected chi connectivity index (χ0v) is 13.5. The van der Waals surface area contributed by atoms with Gasteiger partial charge in [0.15, 0.2) is 0 Å². The number of carboxylic acid groups (broad SMARTS) is 1. The van der Waals surface area contributed by atoms with Crippen LogP contribution in [-0.2, 0) is 4.79 Å². The fraction of sp³-hybridized carbons (Fsp3) is 0.600. The van der Waals surface area contributed by atoms with E-state index in [0.29, 0.717) is 18.0 Å². The van der Waals surface area contributed by atoms with Crippen LogP contribution in [0.2, 0.25) is 0 Å². The van der Waals surface area contributed by atoms with Crippen molar-refractivity contribution < 1.29 is 9.90 Å². The highest BCUT2D eigenvalue weighted by atomic mass is 32.1. The van der Waals surface area contributed by atoms with Gasteiger partial charge in [0, 0.05) is 18.0 Å². The molecule has 0 fully saturated rings. The molecule has 1 rings (SSSR count). The summed E-state index contributed by atoms with van der Waals surface area (Å²) in [6.07, 6.45) is 0. The minimum absolute atomic E-state index is 0.408. The molecule has 1 unspecified atom stereocenters. The van der Waals surface area contributed by atoms with Gasteiger partial charge in [-0.3, -0.25) is 4.79 Å². The van der Waals surface area contributed by atoms with Crippen molar-refractivity contribution in [2.45, 2.75) is 34.6 Å². The topological polar surface area (TPSA) is 64.3 Å². The van der Waals surface area contributed by atoms with Gasteiger partial charge in [0.05, 0.1) is 11.5 Å². The summed E-state index contributed by atoms with van der Waals surface area (Å²) < 4.78 is 0. The van der Waals surface area contributed by atoms with Crippen LogP contribution in [-0.4, -0.2) is 24.2 Å². The number of hydrogen-bond donors (Lipinski definition) is 1. The number of carboxylic acids is 1. The summed E-state index contributed by atoms with van der Waals surface area (Å²) in [5.41, 5.74) is 1.69. The number of aryl methyl sites for hydroxylation is 1. The molecular weight excluding hydrogens is 272 g/mol. The van der Waals surface area contributed by atoms with Crippen molar-refractivity contribution in [3.8, 4) is 6.07 Å². The zero-order chi connectivity index (χ0) is 15.4. The summed E-state index contributed by atoms with van der Waals surface area (Å²) >= 11 is 1.58. The van der Waals surface area contributed by atoms with E-state index in [2.05, 4.69) is 19.9 Å². The van der Waals surface area contributed by atoms with E-state index in [9.17, 15) is 10.1 Å². The number of carbonyl (C=O) groups is 1. The fourth-order valence-electron chi connectivity index (χ4n) is 2.05. The molecule has 0 radical (unpaired) electrons. The Labute approximate surface area is 124 Å². The van der Waals surface area contributed by atoms with Crippen LogP contribution >= 0.6 is 11.3 Å². The van der Waals surface area contributed by atoms with Crippen LogP contribution < -0.4 is 4.90 Å². The van der Waals surface area contributed by atoms with Crippen molar-refractivity contribution in [2.24, 2.45) is 11.8 Å². The second-order valence-electron chi connectivity index (χ2n) is 5.61. The highest BCUT2D eigenvalue weighted by Crippen LogP contribution is 2.35. The lowest BCUT2D eigenvalue weighted by atomic mass is 10.1. The van der Waals surface area contributed by atoms with Crippen molar-refractivity contribution >= 4 is 22.3 Å². The molecule has 1 aromatic heterocycles. The molecule has 0 saturated heterocycles. The first-order valence-corrected chi connectivity index (χ1v) is 7.57. The van der Waals surface area contributed by atoms with Gasteiger partial charge < -0.3 is 10.0 Å². The Bertz CT molecular complexity index is 529. The maximum atomic E-state index is 11.1. The predicted octanol–water partition coefficient (Wildman–Crippen LogP) is 3.42. The van der Waals surface area contributed by atoms with Gasteiger partial charge in [-0.1, -0.05) is 20.8 Å². The Morgan fingerprint density at radius 1 is 1.35 bits per heavy atom. The molecule has 0 aliphatic carbocycles. The molecule has 110 valence electrons. The van der Waals surface area contributed by atoms with Gasteiger partial charge in [-0.25, -0.2) is 0 Å². The molecule has 1 N–H and O–H groups in total. The minimum atomic E-state index is -0.803. The number of nitrogens with zero attached hydrogens (tertiary/aromatic N) is 2. The minimum Gasteiger partial charge on any atom is -0.481 e. The number of rotatable bonds is 6. The highest BCUT2D eigenvalue weighted by molar-refractivity contribution is 7.16. The largest absolute Gasteiger partial charge is 0.481 e. The molecule has 0 aliphatic rings. The maximum Gasteiger partial charge on any atom is 0.308 e. The summed E-state index contributed by atoms with van der Waals surface area (Å²) in [6, 6.07) is 2.26. The van der Waals surface area contributed by atoms with E-state index in [4.69, 9.17) is 5.11 Å². The molecule has 0 aliphatic heterocycles.